The van der Waals surface area contributed by atoms with Crippen LogP contribution in [0.1, 0.15) is 0 Å². The first-order valence-corrected chi connectivity index (χ1v) is 3.98. The zero-order valence-electron chi connectivity index (χ0n) is 7.37. The van der Waals surface area contributed by atoms with Gasteiger partial charge in [0, 0.05) is 0 Å². The number of benzene rings is 1. The molecule has 2 aromatic rings. The van der Waals surface area contributed by atoms with Gasteiger partial charge >= 0.3 is 0 Å². The Balaban J connectivity index is 2.72. The molecule has 0 aliphatic carbocycles. The van der Waals surface area contributed by atoms with Crippen LogP contribution in [0, 0.1) is 11.6 Å². The Bertz CT molecular complexity index is 511. The van der Waals surface area contributed by atoms with Gasteiger partial charge in [0.1, 0.15) is 5.82 Å². The second-order valence-electron chi connectivity index (χ2n) is 2.86. The molecule has 0 bridgehead atoms. The summed E-state index contributed by atoms with van der Waals surface area (Å²) >= 11 is 0. The number of anilines is 1. The fourth-order valence-electron chi connectivity index (χ4n) is 1.22. The standard InChI is InChI=1S/C9H6F2N2O2/c10-5-1-2-6(14)8(11)7(5)4-3-13-15-9(4)12/h1-3,14H,12H2. The molecule has 0 atom stereocenters. The van der Waals surface area contributed by atoms with Crippen LogP contribution in [0.15, 0.2) is 22.9 Å². The summed E-state index contributed by atoms with van der Waals surface area (Å²) in [6, 6.07) is 1.85. The molecule has 3 N–H and O–H groups in total. The van der Waals surface area contributed by atoms with Crippen molar-refractivity contribution in [1.82, 2.24) is 5.16 Å². The third-order valence-electron chi connectivity index (χ3n) is 1.94. The largest absolute Gasteiger partial charge is 0.505 e. The van der Waals surface area contributed by atoms with E-state index in [9.17, 15) is 8.78 Å². The van der Waals surface area contributed by atoms with Crippen LogP contribution in [0.2, 0.25) is 0 Å². The van der Waals surface area contributed by atoms with E-state index in [1.807, 2.05) is 0 Å². The molecule has 15 heavy (non-hydrogen) atoms. The van der Waals surface area contributed by atoms with Gasteiger partial charge in [0.15, 0.2) is 11.6 Å². The van der Waals surface area contributed by atoms with Crippen LogP contribution in [0.25, 0.3) is 11.1 Å². The van der Waals surface area contributed by atoms with E-state index in [2.05, 4.69) is 9.68 Å². The minimum atomic E-state index is -1.09. The molecular weight excluding hydrogens is 206 g/mol. The summed E-state index contributed by atoms with van der Waals surface area (Å²) in [4.78, 5) is 0. The highest BCUT2D eigenvalue weighted by Crippen LogP contribution is 2.33. The molecule has 0 amide bonds. The topological polar surface area (TPSA) is 72.3 Å². The highest BCUT2D eigenvalue weighted by atomic mass is 19.1. The average molecular weight is 212 g/mol. The van der Waals surface area contributed by atoms with Crippen LogP contribution < -0.4 is 5.73 Å². The lowest BCUT2D eigenvalue weighted by Crippen LogP contribution is -1.92. The molecule has 1 heterocycles. The fourth-order valence-corrected chi connectivity index (χ4v) is 1.22. The lowest BCUT2D eigenvalue weighted by atomic mass is 10.1. The van der Waals surface area contributed by atoms with Gasteiger partial charge in [-0.15, -0.1) is 0 Å². The van der Waals surface area contributed by atoms with Gasteiger partial charge in [-0.2, -0.15) is 0 Å². The number of hydrogen-bond acceptors (Lipinski definition) is 4. The number of nitrogens with two attached hydrogens (primary N) is 1. The van der Waals surface area contributed by atoms with E-state index in [0.717, 1.165) is 18.3 Å². The number of nitrogen functional groups attached to an aromatic ring is 1. The third kappa shape index (κ3) is 1.39. The predicted molar refractivity (Wildman–Crippen MR) is 47.9 cm³/mol. The summed E-state index contributed by atoms with van der Waals surface area (Å²) < 4.78 is 31.2. The van der Waals surface area contributed by atoms with E-state index in [4.69, 9.17) is 10.8 Å². The van der Waals surface area contributed by atoms with E-state index < -0.39 is 22.9 Å². The highest BCUT2D eigenvalue weighted by Gasteiger charge is 2.19. The summed E-state index contributed by atoms with van der Waals surface area (Å²) in [5.41, 5.74) is 4.84. The Morgan fingerprint density at radius 3 is 2.67 bits per heavy atom. The van der Waals surface area contributed by atoms with Gasteiger partial charge in [-0.1, -0.05) is 5.16 Å². The van der Waals surface area contributed by atoms with Crippen molar-refractivity contribution in [2.75, 3.05) is 5.73 Å². The number of hydrogen-bond donors (Lipinski definition) is 2. The number of halogens is 2. The Labute approximate surface area is 82.9 Å². The van der Waals surface area contributed by atoms with Gasteiger partial charge in [0.25, 0.3) is 0 Å². The fraction of sp³-hybridized carbons (Fsp3) is 0. The van der Waals surface area contributed by atoms with Gasteiger partial charge in [0.2, 0.25) is 5.88 Å². The summed E-state index contributed by atoms with van der Waals surface area (Å²) in [6.45, 7) is 0. The molecule has 4 nitrogen and oxygen atoms in total. The maximum Gasteiger partial charge on any atom is 0.230 e. The average Bonchev–Trinajstić information content (AvgIpc) is 2.60. The Kier molecular flexibility index (Phi) is 2.03. The van der Waals surface area contributed by atoms with E-state index in [1.165, 1.54) is 0 Å². The van der Waals surface area contributed by atoms with Crippen molar-refractivity contribution in [3.8, 4) is 16.9 Å². The van der Waals surface area contributed by atoms with E-state index >= 15 is 0 Å². The molecule has 1 aromatic carbocycles. The van der Waals surface area contributed by atoms with Crippen LogP contribution in [0.4, 0.5) is 14.7 Å². The van der Waals surface area contributed by atoms with Crippen LogP contribution in [0.5, 0.6) is 5.75 Å². The second-order valence-corrected chi connectivity index (χ2v) is 2.86. The quantitative estimate of drug-likeness (QED) is 0.757. The maximum absolute atomic E-state index is 13.4. The Morgan fingerprint density at radius 1 is 1.33 bits per heavy atom. The summed E-state index contributed by atoms with van der Waals surface area (Å²) in [5.74, 6) is -2.81. The molecule has 1 aromatic heterocycles. The summed E-state index contributed by atoms with van der Waals surface area (Å²) in [5, 5.41) is 12.4. The number of nitrogens with zero attached hydrogens (tertiary/aromatic N) is 1. The lowest BCUT2D eigenvalue weighted by Gasteiger charge is -2.03. The first-order valence-electron chi connectivity index (χ1n) is 3.98. The minimum absolute atomic E-state index is 0.0269. The molecule has 78 valence electrons. The van der Waals surface area contributed by atoms with Gasteiger partial charge in [-0.3, -0.25) is 0 Å². The molecule has 0 fully saturated rings. The van der Waals surface area contributed by atoms with Gasteiger partial charge in [0.05, 0.1) is 17.3 Å². The van der Waals surface area contributed by atoms with Crippen molar-refractivity contribution < 1.29 is 18.4 Å². The minimum Gasteiger partial charge on any atom is -0.505 e. The number of aromatic nitrogens is 1. The smallest absolute Gasteiger partial charge is 0.230 e. The number of aromatic hydroxyl groups is 1. The first-order chi connectivity index (χ1) is 7.11. The molecule has 0 saturated heterocycles. The molecule has 0 unspecified atom stereocenters. The maximum atomic E-state index is 13.4. The lowest BCUT2D eigenvalue weighted by molar-refractivity contribution is 0.429. The molecule has 0 aliphatic heterocycles. The van der Waals surface area contributed by atoms with E-state index in [-0.39, 0.29) is 11.4 Å². The van der Waals surface area contributed by atoms with Crippen LogP contribution in [-0.2, 0) is 0 Å². The van der Waals surface area contributed by atoms with Crippen molar-refractivity contribution >= 4 is 5.88 Å². The summed E-state index contributed by atoms with van der Waals surface area (Å²) in [7, 11) is 0. The van der Waals surface area contributed by atoms with Crippen LogP contribution in [-0.4, -0.2) is 10.3 Å². The molecule has 0 radical (unpaired) electrons. The van der Waals surface area contributed by atoms with Crippen LogP contribution >= 0.6 is 0 Å². The monoisotopic (exact) mass is 212 g/mol. The normalized spacial score (nSPS) is 10.5. The van der Waals surface area contributed by atoms with E-state index in [0.29, 0.717) is 0 Å². The highest BCUT2D eigenvalue weighted by molar-refractivity contribution is 5.73. The zero-order valence-corrected chi connectivity index (χ0v) is 7.37. The number of rotatable bonds is 1. The Hall–Kier alpha value is -2.11. The van der Waals surface area contributed by atoms with E-state index in [1.54, 1.807) is 0 Å². The molecule has 0 spiro atoms. The molecule has 0 saturated carbocycles. The van der Waals surface area contributed by atoms with Crippen molar-refractivity contribution in [2.24, 2.45) is 0 Å². The molecule has 6 heteroatoms. The van der Waals surface area contributed by atoms with Gasteiger partial charge in [-0.05, 0) is 12.1 Å². The first kappa shape index (κ1) is 9.45. The predicted octanol–water partition coefficient (Wildman–Crippen LogP) is 1.91. The molecule has 2 rings (SSSR count). The van der Waals surface area contributed by atoms with Gasteiger partial charge in [-0.25, -0.2) is 8.78 Å². The van der Waals surface area contributed by atoms with Gasteiger partial charge < -0.3 is 15.4 Å². The number of phenolic OH excluding ortho intramolecular Hbond substituents is 1. The number of phenols is 1. The molecular formula is C9H6F2N2O2. The van der Waals surface area contributed by atoms with Crippen molar-refractivity contribution in [3.63, 3.8) is 0 Å². The summed E-state index contributed by atoms with van der Waals surface area (Å²) in [6.07, 6.45) is 1.08. The zero-order chi connectivity index (χ0) is 11.0. The molecule has 0 aliphatic rings. The van der Waals surface area contributed by atoms with Crippen molar-refractivity contribution in [2.45, 2.75) is 0 Å². The van der Waals surface area contributed by atoms with Crippen molar-refractivity contribution in [1.29, 1.82) is 0 Å². The SMILES string of the molecule is Nc1oncc1-c1c(F)ccc(O)c1F. The van der Waals surface area contributed by atoms with Crippen molar-refractivity contribution in [3.05, 3.63) is 30.0 Å². The van der Waals surface area contributed by atoms with Crippen LogP contribution in [0.3, 0.4) is 0 Å². The second kappa shape index (κ2) is 3.23. The third-order valence-corrected chi connectivity index (χ3v) is 1.94. The Morgan fingerprint density at radius 2 is 2.07 bits per heavy atom.